The van der Waals surface area contributed by atoms with Crippen LogP contribution in [0.2, 0.25) is 0 Å². The lowest BCUT2D eigenvalue weighted by Gasteiger charge is -2.25. The molecule has 0 aromatic rings. The molecule has 2 amide bonds. The van der Waals surface area contributed by atoms with Crippen LogP contribution in [-0.4, -0.2) is 35.9 Å². The molecule has 0 radical (unpaired) electrons. The van der Waals surface area contributed by atoms with Gasteiger partial charge in [0.15, 0.2) is 5.84 Å². The molecule has 0 fully saturated rings. The highest BCUT2D eigenvalue weighted by Gasteiger charge is 2.35. The molecule has 98 valence electrons. The monoisotopic (exact) mass is 244 g/mol. The van der Waals surface area contributed by atoms with E-state index in [1.807, 2.05) is 0 Å². The van der Waals surface area contributed by atoms with Crippen molar-refractivity contribution in [3.63, 3.8) is 0 Å². The molecule has 1 atom stereocenters. The van der Waals surface area contributed by atoms with E-state index >= 15 is 0 Å². The Morgan fingerprint density at radius 3 is 2.29 bits per heavy atom. The molecule has 0 spiro atoms. The normalized spacial score (nSPS) is 14.9. The number of hydrogen-bond donors (Lipinski definition) is 4. The zero-order valence-electron chi connectivity index (χ0n) is 10.4. The third-order valence-corrected chi connectivity index (χ3v) is 2.67. The lowest BCUT2D eigenvalue weighted by atomic mass is 9.85. The van der Waals surface area contributed by atoms with Crippen molar-refractivity contribution in [2.45, 2.75) is 27.2 Å². The second-order valence-corrected chi connectivity index (χ2v) is 3.91. The molecule has 0 saturated carbocycles. The van der Waals surface area contributed by atoms with E-state index in [1.165, 1.54) is 6.92 Å². The molecule has 0 aromatic carbocycles. The van der Waals surface area contributed by atoms with Crippen molar-refractivity contribution in [3.8, 4) is 0 Å². The SMILES string of the molecule is CCC(C)(C(=O)NCCNC(C)=O)C(N)=NO. The van der Waals surface area contributed by atoms with Gasteiger partial charge >= 0.3 is 0 Å². The van der Waals surface area contributed by atoms with Crippen LogP contribution in [-0.2, 0) is 9.59 Å². The minimum absolute atomic E-state index is 0.128. The smallest absolute Gasteiger partial charge is 0.233 e. The average Bonchev–Trinajstić information content (AvgIpc) is 2.31. The molecule has 0 aliphatic heterocycles. The van der Waals surface area contributed by atoms with Gasteiger partial charge in [0.2, 0.25) is 11.8 Å². The van der Waals surface area contributed by atoms with Crippen molar-refractivity contribution < 1.29 is 14.8 Å². The molecule has 5 N–H and O–H groups in total. The maximum Gasteiger partial charge on any atom is 0.233 e. The first-order valence-electron chi connectivity index (χ1n) is 5.39. The Kier molecular flexibility index (Phi) is 6.01. The van der Waals surface area contributed by atoms with Crippen LogP contribution in [0, 0.1) is 5.41 Å². The van der Waals surface area contributed by atoms with Crippen molar-refractivity contribution in [2.24, 2.45) is 16.3 Å². The van der Waals surface area contributed by atoms with Crippen molar-refractivity contribution in [2.75, 3.05) is 13.1 Å². The highest BCUT2D eigenvalue weighted by molar-refractivity contribution is 6.06. The summed E-state index contributed by atoms with van der Waals surface area (Å²) in [7, 11) is 0. The summed E-state index contributed by atoms with van der Waals surface area (Å²) < 4.78 is 0. The van der Waals surface area contributed by atoms with Gasteiger partial charge in [0.25, 0.3) is 0 Å². The summed E-state index contributed by atoms with van der Waals surface area (Å²) in [6.45, 7) is 5.40. The Labute approximate surface area is 100 Å². The van der Waals surface area contributed by atoms with Crippen LogP contribution < -0.4 is 16.4 Å². The number of hydrogen-bond acceptors (Lipinski definition) is 4. The molecule has 0 rings (SSSR count). The minimum atomic E-state index is -1.04. The van der Waals surface area contributed by atoms with Gasteiger partial charge in [0.1, 0.15) is 5.41 Å². The van der Waals surface area contributed by atoms with Gasteiger partial charge in [0.05, 0.1) is 0 Å². The molecular formula is C10H20N4O3. The zero-order chi connectivity index (χ0) is 13.5. The fourth-order valence-electron chi connectivity index (χ4n) is 1.18. The van der Waals surface area contributed by atoms with Gasteiger partial charge in [-0.05, 0) is 13.3 Å². The van der Waals surface area contributed by atoms with Crippen LogP contribution in [0.5, 0.6) is 0 Å². The second kappa shape index (κ2) is 6.72. The molecule has 0 heterocycles. The van der Waals surface area contributed by atoms with Crippen LogP contribution >= 0.6 is 0 Å². The Morgan fingerprint density at radius 2 is 1.88 bits per heavy atom. The predicted octanol–water partition coefficient (Wildman–Crippen LogP) is -0.599. The molecule has 17 heavy (non-hydrogen) atoms. The van der Waals surface area contributed by atoms with E-state index in [9.17, 15) is 9.59 Å². The van der Waals surface area contributed by atoms with Crippen molar-refractivity contribution in [3.05, 3.63) is 0 Å². The van der Waals surface area contributed by atoms with E-state index in [2.05, 4.69) is 15.8 Å². The van der Waals surface area contributed by atoms with Gasteiger partial charge in [-0.3, -0.25) is 9.59 Å². The van der Waals surface area contributed by atoms with Crippen molar-refractivity contribution in [1.82, 2.24) is 10.6 Å². The van der Waals surface area contributed by atoms with Crippen LogP contribution in [0.1, 0.15) is 27.2 Å². The van der Waals surface area contributed by atoms with Gasteiger partial charge < -0.3 is 21.6 Å². The standard InChI is InChI=1S/C10H20N4O3/c1-4-10(3,8(11)14-17)9(16)13-6-5-12-7(2)15/h17H,4-6H2,1-3H3,(H2,11,14)(H,12,15)(H,13,16). The van der Waals surface area contributed by atoms with Gasteiger partial charge in [-0.25, -0.2) is 0 Å². The summed E-state index contributed by atoms with van der Waals surface area (Å²) in [5.74, 6) is -0.619. The van der Waals surface area contributed by atoms with Gasteiger partial charge in [-0.15, -0.1) is 0 Å². The van der Waals surface area contributed by atoms with E-state index in [0.717, 1.165) is 0 Å². The van der Waals surface area contributed by atoms with Crippen LogP contribution in [0.4, 0.5) is 0 Å². The number of carbonyl (C=O) groups is 2. The van der Waals surface area contributed by atoms with Gasteiger partial charge in [-0.2, -0.15) is 0 Å². The number of nitrogens with two attached hydrogens (primary N) is 1. The first-order valence-corrected chi connectivity index (χ1v) is 5.39. The number of carbonyl (C=O) groups excluding carboxylic acids is 2. The third kappa shape index (κ3) is 4.29. The fourth-order valence-corrected chi connectivity index (χ4v) is 1.18. The number of rotatable bonds is 6. The Morgan fingerprint density at radius 1 is 1.35 bits per heavy atom. The van der Waals surface area contributed by atoms with E-state index < -0.39 is 5.41 Å². The lowest BCUT2D eigenvalue weighted by molar-refractivity contribution is -0.127. The molecule has 0 aliphatic rings. The van der Waals surface area contributed by atoms with Crippen LogP contribution in [0.15, 0.2) is 5.16 Å². The molecule has 1 unspecified atom stereocenters. The Bertz CT molecular complexity index is 317. The highest BCUT2D eigenvalue weighted by Crippen LogP contribution is 2.21. The largest absolute Gasteiger partial charge is 0.409 e. The number of amides is 2. The van der Waals surface area contributed by atoms with Crippen molar-refractivity contribution in [1.29, 1.82) is 0 Å². The number of amidine groups is 1. The van der Waals surface area contributed by atoms with E-state index in [-0.39, 0.29) is 17.6 Å². The summed E-state index contributed by atoms with van der Waals surface area (Å²) in [4.78, 5) is 22.4. The van der Waals surface area contributed by atoms with E-state index in [0.29, 0.717) is 19.5 Å². The van der Waals surface area contributed by atoms with Crippen LogP contribution in [0.3, 0.4) is 0 Å². The maximum absolute atomic E-state index is 11.8. The topological polar surface area (TPSA) is 117 Å². The Hall–Kier alpha value is -1.79. The summed E-state index contributed by atoms with van der Waals surface area (Å²) in [6.07, 6.45) is 0.412. The zero-order valence-corrected chi connectivity index (χ0v) is 10.4. The molecule has 0 saturated heterocycles. The first-order chi connectivity index (χ1) is 7.88. The lowest BCUT2D eigenvalue weighted by Crippen LogP contribution is -2.49. The molecule has 7 heteroatoms. The second-order valence-electron chi connectivity index (χ2n) is 3.91. The highest BCUT2D eigenvalue weighted by atomic mass is 16.4. The summed E-state index contributed by atoms with van der Waals surface area (Å²) >= 11 is 0. The minimum Gasteiger partial charge on any atom is -0.409 e. The van der Waals surface area contributed by atoms with Gasteiger partial charge in [-0.1, -0.05) is 12.1 Å². The fraction of sp³-hybridized carbons (Fsp3) is 0.700. The first kappa shape index (κ1) is 15.2. The average molecular weight is 244 g/mol. The van der Waals surface area contributed by atoms with E-state index in [1.54, 1.807) is 13.8 Å². The molecule has 0 bridgehead atoms. The molecule has 7 nitrogen and oxygen atoms in total. The number of oxime groups is 1. The predicted molar refractivity (Wildman–Crippen MR) is 63.5 cm³/mol. The van der Waals surface area contributed by atoms with Crippen molar-refractivity contribution >= 4 is 17.6 Å². The Balaban J connectivity index is 4.32. The maximum atomic E-state index is 11.8. The van der Waals surface area contributed by atoms with Gasteiger partial charge in [0, 0.05) is 20.0 Å². The summed E-state index contributed by atoms with van der Waals surface area (Å²) in [5, 5.41) is 16.7. The summed E-state index contributed by atoms with van der Waals surface area (Å²) in [5.41, 5.74) is 4.45. The van der Waals surface area contributed by atoms with E-state index in [4.69, 9.17) is 10.9 Å². The quantitative estimate of drug-likeness (QED) is 0.164. The van der Waals surface area contributed by atoms with Crippen LogP contribution in [0.25, 0.3) is 0 Å². The molecule has 0 aliphatic carbocycles. The molecular weight excluding hydrogens is 224 g/mol. The third-order valence-electron chi connectivity index (χ3n) is 2.67. The summed E-state index contributed by atoms with van der Waals surface area (Å²) in [6, 6.07) is 0. The number of nitrogens with one attached hydrogen (secondary N) is 2. The molecule has 0 aromatic heterocycles. The number of nitrogens with zero attached hydrogens (tertiary/aromatic N) is 1.